The van der Waals surface area contributed by atoms with Crippen LogP contribution in [0.3, 0.4) is 0 Å². The molecule has 0 spiro atoms. The van der Waals surface area contributed by atoms with Gasteiger partial charge in [0.05, 0.1) is 0 Å². The Labute approximate surface area is 81.8 Å². The lowest BCUT2D eigenvalue weighted by Gasteiger charge is -2.33. The number of allylic oxidation sites excluding steroid dienone is 2. The van der Waals surface area contributed by atoms with E-state index in [4.69, 9.17) is 14.2 Å². The van der Waals surface area contributed by atoms with E-state index in [0.717, 1.165) is 0 Å². The number of aliphatic hydroxyl groups is 1. The first kappa shape index (κ1) is 8.47. The molecule has 2 heterocycles. The summed E-state index contributed by atoms with van der Waals surface area (Å²) < 4.78 is 16.4. The molecule has 2 bridgehead atoms. The molecular weight excluding hydrogens is 184 g/mol. The molecule has 0 amide bonds. The van der Waals surface area contributed by atoms with Gasteiger partial charge in [-0.2, -0.15) is 0 Å². The molecule has 3 rings (SSSR count). The van der Waals surface area contributed by atoms with Gasteiger partial charge in [0.15, 0.2) is 11.7 Å². The van der Waals surface area contributed by atoms with Crippen LogP contribution >= 0.6 is 0 Å². The van der Waals surface area contributed by atoms with E-state index in [1.54, 1.807) is 0 Å². The molecule has 2 fully saturated rings. The third-order valence-electron chi connectivity index (χ3n) is 3.16. The fraction of sp³-hybridized carbons (Fsp3) is 0.600. The minimum absolute atomic E-state index is 0.206. The summed E-state index contributed by atoms with van der Waals surface area (Å²) in [4.78, 5) is 0. The predicted molar refractivity (Wildman–Crippen MR) is 47.1 cm³/mol. The Bertz CT molecular complexity index is 335. The first-order valence-electron chi connectivity index (χ1n) is 4.78. The second-order valence-electron chi connectivity index (χ2n) is 3.77. The van der Waals surface area contributed by atoms with Gasteiger partial charge in [0, 0.05) is 6.42 Å². The SMILES string of the molecule is CCC1(O)OC2=CC=CC13OCOC23. The maximum atomic E-state index is 10.3. The third-order valence-corrected chi connectivity index (χ3v) is 3.16. The van der Waals surface area contributed by atoms with Gasteiger partial charge in [0.25, 0.3) is 0 Å². The largest absolute Gasteiger partial charge is 0.460 e. The molecule has 0 saturated carbocycles. The van der Waals surface area contributed by atoms with E-state index in [-0.39, 0.29) is 12.9 Å². The molecule has 0 aromatic heterocycles. The molecule has 1 N–H and O–H groups in total. The van der Waals surface area contributed by atoms with Crippen molar-refractivity contribution in [2.24, 2.45) is 0 Å². The number of hydrogen-bond donors (Lipinski definition) is 1. The fourth-order valence-electron chi connectivity index (χ4n) is 2.36. The van der Waals surface area contributed by atoms with Crippen LogP contribution in [-0.4, -0.2) is 29.4 Å². The lowest BCUT2D eigenvalue weighted by molar-refractivity contribution is -0.238. The van der Waals surface area contributed by atoms with Crippen LogP contribution in [-0.2, 0) is 14.2 Å². The van der Waals surface area contributed by atoms with E-state index in [0.29, 0.717) is 12.2 Å². The van der Waals surface area contributed by atoms with Crippen LogP contribution in [0.2, 0.25) is 0 Å². The van der Waals surface area contributed by atoms with E-state index >= 15 is 0 Å². The summed E-state index contributed by atoms with van der Waals surface area (Å²) in [6, 6.07) is 0. The van der Waals surface area contributed by atoms with Gasteiger partial charge in [0.1, 0.15) is 12.6 Å². The zero-order valence-corrected chi connectivity index (χ0v) is 7.90. The average Bonchev–Trinajstić information content (AvgIpc) is 2.66. The molecule has 14 heavy (non-hydrogen) atoms. The molecule has 3 aliphatic rings. The number of ether oxygens (including phenoxy) is 3. The van der Waals surface area contributed by atoms with E-state index in [1.165, 1.54) is 0 Å². The Kier molecular flexibility index (Phi) is 1.45. The van der Waals surface area contributed by atoms with Crippen LogP contribution in [0.5, 0.6) is 0 Å². The van der Waals surface area contributed by atoms with Crippen molar-refractivity contribution in [2.75, 3.05) is 6.79 Å². The highest BCUT2D eigenvalue weighted by Gasteiger charge is 2.68. The second kappa shape index (κ2) is 2.39. The lowest BCUT2D eigenvalue weighted by Crippen LogP contribution is -2.53. The van der Waals surface area contributed by atoms with E-state index in [2.05, 4.69) is 0 Å². The molecule has 2 aliphatic heterocycles. The second-order valence-corrected chi connectivity index (χ2v) is 3.77. The topological polar surface area (TPSA) is 47.9 Å². The first-order chi connectivity index (χ1) is 6.72. The van der Waals surface area contributed by atoms with Crippen molar-refractivity contribution < 1.29 is 19.3 Å². The van der Waals surface area contributed by atoms with Gasteiger partial charge in [-0.05, 0) is 12.2 Å². The van der Waals surface area contributed by atoms with E-state index in [9.17, 15) is 5.11 Å². The normalized spacial score (nSPS) is 48.7. The summed E-state index contributed by atoms with van der Waals surface area (Å²) in [5.41, 5.74) is -0.828. The minimum Gasteiger partial charge on any atom is -0.460 e. The molecule has 76 valence electrons. The van der Waals surface area contributed by atoms with Crippen molar-refractivity contribution in [3.05, 3.63) is 24.0 Å². The zero-order valence-electron chi connectivity index (χ0n) is 7.90. The standard InChI is InChI=1S/C10H12O4/c1-2-10(11)9-5-3-4-7(14-10)8(9)12-6-13-9/h3-5,8,11H,2,6H2,1H3. The Balaban J connectivity index is 2.15. The summed E-state index contributed by atoms with van der Waals surface area (Å²) in [6.45, 7) is 2.07. The van der Waals surface area contributed by atoms with Crippen LogP contribution in [0.4, 0.5) is 0 Å². The number of rotatable bonds is 1. The molecule has 2 saturated heterocycles. The fourth-order valence-corrected chi connectivity index (χ4v) is 2.36. The van der Waals surface area contributed by atoms with Crippen LogP contribution in [0.25, 0.3) is 0 Å². The quantitative estimate of drug-likeness (QED) is 0.670. The van der Waals surface area contributed by atoms with Gasteiger partial charge < -0.3 is 19.3 Å². The Morgan fingerprint density at radius 1 is 1.64 bits per heavy atom. The van der Waals surface area contributed by atoms with Crippen molar-refractivity contribution in [2.45, 2.75) is 30.8 Å². The minimum atomic E-state index is -1.28. The summed E-state index contributed by atoms with van der Waals surface area (Å²) in [6.07, 6.45) is 5.66. The van der Waals surface area contributed by atoms with Gasteiger partial charge in [0.2, 0.25) is 5.79 Å². The Hall–Kier alpha value is -0.840. The van der Waals surface area contributed by atoms with Crippen molar-refractivity contribution in [3.8, 4) is 0 Å². The Morgan fingerprint density at radius 3 is 3.29 bits per heavy atom. The molecule has 4 heteroatoms. The zero-order chi connectivity index (χ0) is 9.81. The highest BCUT2D eigenvalue weighted by atomic mass is 16.8. The van der Waals surface area contributed by atoms with Crippen molar-refractivity contribution >= 4 is 0 Å². The molecule has 3 atom stereocenters. The molecule has 0 aromatic carbocycles. The van der Waals surface area contributed by atoms with Gasteiger partial charge >= 0.3 is 0 Å². The highest BCUT2D eigenvalue weighted by Crippen LogP contribution is 2.51. The monoisotopic (exact) mass is 196 g/mol. The molecule has 1 aliphatic carbocycles. The molecule has 0 aromatic rings. The summed E-state index contributed by atoms with van der Waals surface area (Å²) in [5.74, 6) is -0.623. The van der Waals surface area contributed by atoms with Crippen molar-refractivity contribution in [3.63, 3.8) is 0 Å². The highest BCUT2D eigenvalue weighted by molar-refractivity contribution is 5.36. The number of hydrogen-bond acceptors (Lipinski definition) is 4. The average molecular weight is 196 g/mol. The maximum absolute atomic E-state index is 10.3. The van der Waals surface area contributed by atoms with Gasteiger partial charge in [-0.3, -0.25) is 0 Å². The molecule has 0 radical (unpaired) electrons. The van der Waals surface area contributed by atoms with Crippen LogP contribution in [0.1, 0.15) is 13.3 Å². The Morgan fingerprint density at radius 2 is 2.50 bits per heavy atom. The molecular formula is C10H12O4. The lowest BCUT2D eigenvalue weighted by atomic mass is 9.85. The van der Waals surface area contributed by atoms with Crippen molar-refractivity contribution in [1.29, 1.82) is 0 Å². The van der Waals surface area contributed by atoms with Gasteiger partial charge in [-0.15, -0.1) is 0 Å². The van der Waals surface area contributed by atoms with Gasteiger partial charge in [-0.1, -0.05) is 13.0 Å². The van der Waals surface area contributed by atoms with Gasteiger partial charge in [-0.25, -0.2) is 0 Å². The van der Waals surface area contributed by atoms with Crippen LogP contribution < -0.4 is 0 Å². The molecule has 3 unspecified atom stereocenters. The smallest absolute Gasteiger partial charge is 0.243 e. The summed E-state index contributed by atoms with van der Waals surface area (Å²) in [7, 11) is 0. The molecule has 4 nitrogen and oxygen atoms in total. The van der Waals surface area contributed by atoms with E-state index in [1.807, 2.05) is 25.2 Å². The van der Waals surface area contributed by atoms with Crippen molar-refractivity contribution in [1.82, 2.24) is 0 Å². The van der Waals surface area contributed by atoms with Crippen LogP contribution in [0, 0.1) is 0 Å². The maximum Gasteiger partial charge on any atom is 0.243 e. The van der Waals surface area contributed by atoms with E-state index < -0.39 is 11.4 Å². The summed E-state index contributed by atoms with van der Waals surface area (Å²) in [5, 5.41) is 10.3. The first-order valence-corrected chi connectivity index (χ1v) is 4.78. The van der Waals surface area contributed by atoms with Crippen LogP contribution in [0.15, 0.2) is 24.0 Å². The summed E-state index contributed by atoms with van der Waals surface area (Å²) >= 11 is 0. The predicted octanol–water partition coefficient (Wildman–Crippen LogP) is 0.681. The third kappa shape index (κ3) is 0.714.